The van der Waals surface area contributed by atoms with Gasteiger partial charge in [0.25, 0.3) is 0 Å². The number of aryl methyl sites for hydroxylation is 1. The molecule has 1 unspecified atom stereocenters. The summed E-state index contributed by atoms with van der Waals surface area (Å²) in [4.78, 5) is 27.1. The minimum atomic E-state index is -3.74. The molecule has 0 saturated heterocycles. The Morgan fingerprint density at radius 1 is 1.00 bits per heavy atom. The third-order valence-corrected chi connectivity index (χ3v) is 6.73. The highest BCUT2D eigenvalue weighted by atomic mass is 32.2. The number of anilines is 1. The molecule has 1 atom stereocenters. The Hall–Kier alpha value is -2.87. The summed E-state index contributed by atoms with van der Waals surface area (Å²) >= 11 is 0. The number of amides is 2. The summed E-state index contributed by atoms with van der Waals surface area (Å²) in [5.74, 6) is -0.784. The molecule has 0 radical (unpaired) electrons. The van der Waals surface area contributed by atoms with Crippen molar-refractivity contribution in [2.24, 2.45) is 0 Å². The van der Waals surface area contributed by atoms with Gasteiger partial charge in [-0.3, -0.25) is 13.9 Å². The van der Waals surface area contributed by atoms with Crippen LogP contribution in [0.1, 0.15) is 44.4 Å². The van der Waals surface area contributed by atoms with Crippen molar-refractivity contribution in [2.45, 2.75) is 52.6 Å². The maximum absolute atomic E-state index is 13.4. The molecule has 0 bridgehead atoms. The average Bonchev–Trinajstić information content (AvgIpc) is 2.74. The average molecular weight is 474 g/mol. The molecule has 0 heterocycles. The number of nitrogens with one attached hydrogen (secondary N) is 1. The lowest BCUT2D eigenvalue weighted by molar-refractivity contribution is -0.139. The van der Waals surface area contributed by atoms with Crippen LogP contribution >= 0.6 is 0 Å². The van der Waals surface area contributed by atoms with E-state index in [4.69, 9.17) is 0 Å². The lowest BCUT2D eigenvalue weighted by Gasteiger charge is -2.31. The van der Waals surface area contributed by atoms with E-state index < -0.39 is 28.5 Å². The summed E-state index contributed by atoms with van der Waals surface area (Å²) in [6, 6.07) is 14.0. The molecule has 180 valence electrons. The first kappa shape index (κ1) is 26.4. The number of hydrogen-bond donors (Lipinski definition) is 1. The maximum Gasteiger partial charge on any atom is 0.244 e. The van der Waals surface area contributed by atoms with Gasteiger partial charge in [-0.15, -0.1) is 0 Å². The number of benzene rings is 2. The number of likely N-dealkylation sites (N-methyl/N-ethyl adjacent to an activating group) is 1. The van der Waals surface area contributed by atoms with E-state index in [1.54, 1.807) is 19.1 Å². The number of nitrogens with zero attached hydrogens (tertiary/aromatic N) is 2. The van der Waals surface area contributed by atoms with Crippen molar-refractivity contribution >= 4 is 27.5 Å². The quantitative estimate of drug-likeness (QED) is 0.638. The molecular formula is C25H35N3O4S. The first-order valence-electron chi connectivity index (χ1n) is 10.9. The Balaban J connectivity index is 2.37. The summed E-state index contributed by atoms with van der Waals surface area (Å²) in [6.45, 7) is 9.60. The van der Waals surface area contributed by atoms with Gasteiger partial charge in [0.2, 0.25) is 21.8 Å². The molecule has 2 aromatic carbocycles. The molecule has 0 aromatic heterocycles. The number of rotatable bonds is 8. The van der Waals surface area contributed by atoms with E-state index in [1.807, 2.05) is 43.3 Å². The lowest BCUT2D eigenvalue weighted by atomic mass is 9.87. The van der Waals surface area contributed by atoms with Gasteiger partial charge in [0, 0.05) is 13.6 Å². The molecule has 0 saturated carbocycles. The highest BCUT2D eigenvalue weighted by Gasteiger charge is 2.29. The first-order valence-corrected chi connectivity index (χ1v) is 12.7. The molecule has 0 spiro atoms. The van der Waals surface area contributed by atoms with Gasteiger partial charge in [-0.05, 0) is 42.5 Å². The summed E-state index contributed by atoms with van der Waals surface area (Å²) in [5.41, 5.74) is 3.31. The maximum atomic E-state index is 13.4. The molecule has 8 heteroatoms. The highest BCUT2D eigenvalue weighted by Crippen LogP contribution is 2.26. The van der Waals surface area contributed by atoms with Gasteiger partial charge in [0.15, 0.2) is 0 Å². The molecule has 2 amide bonds. The van der Waals surface area contributed by atoms with Gasteiger partial charge in [0.05, 0.1) is 11.9 Å². The van der Waals surface area contributed by atoms with Crippen molar-refractivity contribution in [1.82, 2.24) is 10.2 Å². The van der Waals surface area contributed by atoms with Crippen LogP contribution in [0.4, 0.5) is 5.69 Å². The Morgan fingerprint density at radius 2 is 1.55 bits per heavy atom. The van der Waals surface area contributed by atoms with Crippen LogP contribution in [0.3, 0.4) is 0 Å². The van der Waals surface area contributed by atoms with Crippen LogP contribution < -0.4 is 9.62 Å². The minimum Gasteiger partial charge on any atom is -0.357 e. The number of hydrogen-bond acceptors (Lipinski definition) is 4. The normalized spacial score (nSPS) is 12.7. The molecular weight excluding hydrogens is 438 g/mol. The molecule has 2 rings (SSSR count). The zero-order valence-corrected chi connectivity index (χ0v) is 21.4. The van der Waals surface area contributed by atoms with Crippen molar-refractivity contribution in [2.75, 3.05) is 24.2 Å². The summed E-state index contributed by atoms with van der Waals surface area (Å²) in [6.07, 6.45) is 1.07. The van der Waals surface area contributed by atoms with E-state index in [2.05, 4.69) is 26.1 Å². The van der Waals surface area contributed by atoms with Crippen molar-refractivity contribution in [1.29, 1.82) is 0 Å². The molecule has 2 aromatic rings. The van der Waals surface area contributed by atoms with E-state index in [1.165, 1.54) is 11.9 Å². The number of carbonyl (C=O) groups is 2. The van der Waals surface area contributed by atoms with Gasteiger partial charge in [0.1, 0.15) is 12.6 Å². The Morgan fingerprint density at radius 3 is 2.00 bits per heavy atom. The predicted molar refractivity (Wildman–Crippen MR) is 133 cm³/mol. The van der Waals surface area contributed by atoms with E-state index in [0.29, 0.717) is 5.69 Å². The summed E-state index contributed by atoms with van der Waals surface area (Å²) in [5, 5.41) is 2.57. The molecule has 7 nitrogen and oxygen atoms in total. The summed E-state index contributed by atoms with van der Waals surface area (Å²) < 4.78 is 26.3. The predicted octanol–water partition coefficient (Wildman–Crippen LogP) is 3.22. The molecule has 33 heavy (non-hydrogen) atoms. The monoisotopic (exact) mass is 473 g/mol. The Labute approximate surface area is 197 Å². The highest BCUT2D eigenvalue weighted by molar-refractivity contribution is 7.92. The van der Waals surface area contributed by atoms with Gasteiger partial charge in [-0.25, -0.2) is 8.42 Å². The smallest absolute Gasteiger partial charge is 0.244 e. The lowest BCUT2D eigenvalue weighted by Crippen LogP contribution is -2.50. The molecule has 0 aliphatic rings. The Bertz CT molecular complexity index is 1070. The van der Waals surface area contributed by atoms with Gasteiger partial charge >= 0.3 is 0 Å². The third kappa shape index (κ3) is 7.05. The van der Waals surface area contributed by atoms with Crippen LogP contribution in [-0.2, 0) is 31.6 Å². The van der Waals surface area contributed by atoms with Crippen LogP contribution in [0.2, 0.25) is 0 Å². The van der Waals surface area contributed by atoms with Crippen molar-refractivity contribution < 1.29 is 18.0 Å². The standard InChI is InChI=1S/C25H35N3O4S/c1-18-8-10-20(11-9-18)16-27(19(2)24(30)26-6)23(29)17-28(33(7,31)32)22-14-12-21(13-15-22)25(3,4)5/h8-15,19H,16-17H2,1-7H3,(H,26,30). The molecule has 0 aliphatic carbocycles. The number of sulfonamides is 1. The van der Waals surface area contributed by atoms with Crippen molar-refractivity contribution in [3.63, 3.8) is 0 Å². The zero-order valence-electron chi connectivity index (χ0n) is 20.5. The molecule has 0 aliphatic heterocycles. The van der Waals surface area contributed by atoms with E-state index in [-0.39, 0.29) is 17.9 Å². The molecule has 0 fully saturated rings. The fraction of sp³-hybridized carbons (Fsp3) is 0.440. The molecule has 1 N–H and O–H groups in total. The zero-order chi connectivity index (χ0) is 25.0. The van der Waals surface area contributed by atoms with Crippen LogP contribution in [0.5, 0.6) is 0 Å². The van der Waals surface area contributed by atoms with Gasteiger partial charge in [-0.2, -0.15) is 0 Å². The minimum absolute atomic E-state index is 0.0853. The number of carbonyl (C=O) groups excluding carboxylic acids is 2. The van der Waals surface area contributed by atoms with E-state index in [9.17, 15) is 18.0 Å². The third-order valence-electron chi connectivity index (χ3n) is 5.59. The van der Waals surface area contributed by atoms with Crippen molar-refractivity contribution in [3.8, 4) is 0 Å². The first-order chi connectivity index (χ1) is 15.2. The fourth-order valence-corrected chi connectivity index (χ4v) is 4.27. The van der Waals surface area contributed by atoms with Gasteiger partial charge < -0.3 is 10.2 Å². The SMILES string of the molecule is CNC(=O)C(C)N(Cc1ccc(C)cc1)C(=O)CN(c1ccc(C(C)(C)C)cc1)S(C)(=O)=O. The Kier molecular flexibility index (Phi) is 8.30. The largest absolute Gasteiger partial charge is 0.357 e. The van der Waals surface area contributed by atoms with Crippen LogP contribution in [-0.4, -0.2) is 51.0 Å². The van der Waals surface area contributed by atoms with Crippen molar-refractivity contribution in [3.05, 3.63) is 65.2 Å². The van der Waals surface area contributed by atoms with Crippen LogP contribution in [0.25, 0.3) is 0 Å². The van der Waals surface area contributed by atoms with E-state index in [0.717, 1.165) is 27.3 Å². The topological polar surface area (TPSA) is 86.8 Å². The summed E-state index contributed by atoms with van der Waals surface area (Å²) in [7, 11) is -2.23. The second-order valence-corrected chi connectivity index (χ2v) is 11.3. The fourth-order valence-electron chi connectivity index (χ4n) is 3.42. The van der Waals surface area contributed by atoms with Gasteiger partial charge in [-0.1, -0.05) is 62.7 Å². The second-order valence-electron chi connectivity index (χ2n) is 9.36. The van der Waals surface area contributed by atoms with Crippen LogP contribution in [0, 0.1) is 6.92 Å². The second kappa shape index (κ2) is 10.4. The van der Waals surface area contributed by atoms with Crippen LogP contribution in [0.15, 0.2) is 48.5 Å². The van der Waals surface area contributed by atoms with E-state index >= 15 is 0 Å².